The zero-order valence-electron chi connectivity index (χ0n) is 11.4. The lowest BCUT2D eigenvalue weighted by molar-refractivity contribution is 0.0763. The second-order valence-corrected chi connectivity index (χ2v) is 4.76. The first kappa shape index (κ1) is 13.4. The molecule has 0 amide bonds. The van der Waals surface area contributed by atoms with Crippen LogP contribution >= 0.6 is 0 Å². The lowest BCUT2D eigenvalue weighted by Crippen LogP contribution is -2.28. The summed E-state index contributed by atoms with van der Waals surface area (Å²) in [5, 5.41) is 3.43. The van der Waals surface area contributed by atoms with Gasteiger partial charge in [-0.1, -0.05) is 12.1 Å². The third kappa shape index (κ3) is 3.72. The summed E-state index contributed by atoms with van der Waals surface area (Å²) in [6.45, 7) is 7.67. The summed E-state index contributed by atoms with van der Waals surface area (Å²) < 4.78 is 11.0. The highest BCUT2D eigenvalue weighted by atomic mass is 16.5. The molecule has 0 radical (unpaired) electrons. The van der Waals surface area contributed by atoms with Gasteiger partial charge in [-0.25, -0.2) is 0 Å². The van der Waals surface area contributed by atoms with Crippen molar-refractivity contribution in [3.63, 3.8) is 0 Å². The quantitative estimate of drug-likeness (QED) is 0.751. The van der Waals surface area contributed by atoms with Crippen molar-refractivity contribution in [3.8, 4) is 5.75 Å². The summed E-state index contributed by atoms with van der Waals surface area (Å²) in [6, 6.07) is 6.54. The Kier molecular flexibility index (Phi) is 5.02. The van der Waals surface area contributed by atoms with E-state index in [0.717, 1.165) is 44.9 Å². The third-order valence-corrected chi connectivity index (χ3v) is 3.23. The maximum Gasteiger partial charge on any atom is 0.122 e. The number of ether oxygens (including phenoxy) is 2. The SMILES string of the molecule is CCOC(C)CNCCc1ccc2c(c1)CCO2. The first-order chi connectivity index (χ1) is 8.79. The van der Waals surface area contributed by atoms with Gasteiger partial charge in [0.15, 0.2) is 0 Å². The molecule has 0 saturated carbocycles. The van der Waals surface area contributed by atoms with E-state index in [0.29, 0.717) is 6.10 Å². The fourth-order valence-electron chi connectivity index (χ4n) is 2.28. The van der Waals surface area contributed by atoms with Crippen LogP contribution in [0, 0.1) is 0 Å². The van der Waals surface area contributed by atoms with Crippen LogP contribution in [0.2, 0.25) is 0 Å². The maximum absolute atomic E-state index is 5.51. The normalized spacial score (nSPS) is 15.2. The first-order valence-electron chi connectivity index (χ1n) is 6.86. The summed E-state index contributed by atoms with van der Waals surface area (Å²) >= 11 is 0. The second kappa shape index (κ2) is 6.76. The summed E-state index contributed by atoms with van der Waals surface area (Å²) in [5.41, 5.74) is 2.74. The number of benzene rings is 1. The van der Waals surface area contributed by atoms with Gasteiger partial charge in [-0.15, -0.1) is 0 Å². The van der Waals surface area contributed by atoms with Crippen LogP contribution in [-0.2, 0) is 17.6 Å². The Morgan fingerprint density at radius 1 is 1.44 bits per heavy atom. The van der Waals surface area contributed by atoms with E-state index in [9.17, 15) is 0 Å². The average molecular weight is 249 g/mol. The topological polar surface area (TPSA) is 30.5 Å². The van der Waals surface area contributed by atoms with E-state index in [1.54, 1.807) is 0 Å². The van der Waals surface area contributed by atoms with E-state index in [1.165, 1.54) is 11.1 Å². The van der Waals surface area contributed by atoms with E-state index >= 15 is 0 Å². The molecular formula is C15H23NO2. The van der Waals surface area contributed by atoms with Gasteiger partial charge in [0.2, 0.25) is 0 Å². The fourth-order valence-corrected chi connectivity index (χ4v) is 2.28. The van der Waals surface area contributed by atoms with Crippen LogP contribution in [0.3, 0.4) is 0 Å². The Morgan fingerprint density at radius 2 is 2.33 bits per heavy atom. The highest BCUT2D eigenvalue weighted by molar-refractivity contribution is 5.39. The van der Waals surface area contributed by atoms with Crippen molar-refractivity contribution in [1.29, 1.82) is 0 Å². The zero-order valence-corrected chi connectivity index (χ0v) is 11.4. The monoisotopic (exact) mass is 249 g/mol. The molecule has 1 aromatic carbocycles. The van der Waals surface area contributed by atoms with Gasteiger partial charge in [-0.3, -0.25) is 0 Å². The zero-order chi connectivity index (χ0) is 12.8. The summed E-state index contributed by atoms with van der Waals surface area (Å²) in [5.74, 6) is 1.07. The molecule has 0 aliphatic carbocycles. The Labute approximate surface area is 109 Å². The van der Waals surface area contributed by atoms with Gasteiger partial charge in [0.05, 0.1) is 12.7 Å². The number of nitrogens with one attached hydrogen (secondary N) is 1. The molecule has 0 bridgehead atoms. The van der Waals surface area contributed by atoms with Crippen molar-refractivity contribution in [3.05, 3.63) is 29.3 Å². The molecule has 1 unspecified atom stereocenters. The van der Waals surface area contributed by atoms with Gasteiger partial charge >= 0.3 is 0 Å². The van der Waals surface area contributed by atoms with E-state index < -0.39 is 0 Å². The minimum atomic E-state index is 0.295. The molecule has 18 heavy (non-hydrogen) atoms. The Balaban J connectivity index is 1.70. The third-order valence-electron chi connectivity index (χ3n) is 3.23. The van der Waals surface area contributed by atoms with Crippen LogP contribution in [0.4, 0.5) is 0 Å². The van der Waals surface area contributed by atoms with Crippen LogP contribution < -0.4 is 10.1 Å². The van der Waals surface area contributed by atoms with Crippen molar-refractivity contribution < 1.29 is 9.47 Å². The molecule has 1 aliphatic heterocycles. The van der Waals surface area contributed by atoms with Crippen LogP contribution in [0.15, 0.2) is 18.2 Å². The molecule has 0 spiro atoms. The van der Waals surface area contributed by atoms with E-state index in [-0.39, 0.29) is 0 Å². The predicted octanol–water partition coefficient (Wildman–Crippen LogP) is 2.18. The second-order valence-electron chi connectivity index (χ2n) is 4.76. The van der Waals surface area contributed by atoms with E-state index in [2.05, 4.69) is 30.4 Å². The molecule has 1 N–H and O–H groups in total. The van der Waals surface area contributed by atoms with Crippen molar-refractivity contribution in [2.45, 2.75) is 32.8 Å². The predicted molar refractivity (Wildman–Crippen MR) is 73.3 cm³/mol. The molecule has 1 atom stereocenters. The van der Waals surface area contributed by atoms with Crippen LogP contribution in [0.25, 0.3) is 0 Å². The number of hydrogen-bond acceptors (Lipinski definition) is 3. The fraction of sp³-hybridized carbons (Fsp3) is 0.600. The molecule has 100 valence electrons. The molecule has 1 aliphatic rings. The molecule has 3 heteroatoms. The van der Waals surface area contributed by atoms with Crippen molar-refractivity contribution in [1.82, 2.24) is 5.32 Å². The smallest absolute Gasteiger partial charge is 0.122 e. The summed E-state index contributed by atoms with van der Waals surface area (Å²) in [6.07, 6.45) is 2.41. The maximum atomic E-state index is 5.51. The van der Waals surface area contributed by atoms with Gasteiger partial charge in [0.25, 0.3) is 0 Å². The van der Waals surface area contributed by atoms with Gasteiger partial charge in [0, 0.05) is 19.6 Å². The molecule has 3 nitrogen and oxygen atoms in total. The Morgan fingerprint density at radius 3 is 3.17 bits per heavy atom. The van der Waals surface area contributed by atoms with Crippen molar-refractivity contribution >= 4 is 0 Å². The van der Waals surface area contributed by atoms with Gasteiger partial charge in [-0.2, -0.15) is 0 Å². The standard InChI is InChI=1S/C15H23NO2/c1-3-17-12(2)11-16-8-6-13-4-5-15-14(10-13)7-9-18-15/h4-5,10,12,16H,3,6-9,11H2,1-2H3. The van der Waals surface area contributed by atoms with E-state index in [4.69, 9.17) is 9.47 Å². The van der Waals surface area contributed by atoms with Gasteiger partial charge in [0.1, 0.15) is 5.75 Å². The Bertz CT molecular complexity index is 379. The highest BCUT2D eigenvalue weighted by Crippen LogP contribution is 2.25. The summed E-state index contributed by atoms with van der Waals surface area (Å²) in [4.78, 5) is 0. The van der Waals surface area contributed by atoms with Crippen molar-refractivity contribution in [2.75, 3.05) is 26.3 Å². The number of rotatable bonds is 7. The molecule has 1 aromatic rings. The average Bonchev–Trinajstić information content (AvgIpc) is 2.82. The molecule has 0 aromatic heterocycles. The minimum absolute atomic E-state index is 0.295. The van der Waals surface area contributed by atoms with Gasteiger partial charge < -0.3 is 14.8 Å². The number of hydrogen-bond donors (Lipinski definition) is 1. The highest BCUT2D eigenvalue weighted by Gasteiger charge is 2.11. The number of fused-ring (bicyclic) bond motifs is 1. The van der Waals surface area contributed by atoms with Crippen molar-refractivity contribution in [2.24, 2.45) is 0 Å². The molecular weight excluding hydrogens is 226 g/mol. The molecule has 1 heterocycles. The Hall–Kier alpha value is -1.06. The van der Waals surface area contributed by atoms with Gasteiger partial charge in [-0.05, 0) is 44.0 Å². The lowest BCUT2D eigenvalue weighted by Gasteiger charge is -2.12. The lowest BCUT2D eigenvalue weighted by atomic mass is 10.1. The van der Waals surface area contributed by atoms with Crippen LogP contribution in [-0.4, -0.2) is 32.4 Å². The van der Waals surface area contributed by atoms with E-state index in [1.807, 2.05) is 6.92 Å². The summed E-state index contributed by atoms with van der Waals surface area (Å²) in [7, 11) is 0. The van der Waals surface area contributed by atoms with Crippen LogP contribution in [0.5, 0.6) is 5.75 Å². The first-order valence-corrected chi connectivity index (χ1v) is 6.86. The molecule has 0 fully saturated rings. The minimum Gasteiger partial charge on any atom is -0.493 e. The molecule has 2 rings (SSSR count). The molecule has 0 saturated heterocycles. The van der Waals surface area contributed by atoms with Crippen LogP contribution in [0.1, 0.15) is 25.0 Å². The largest absolute Gasteiger partial charge is 0.493 e.